The predicted octanol–water partition coefficient (Wildman–Crippen LogP) is 15.2. The second kappa shape index (κ2) is 14.3. The van der Waals surface area contributed by atoms with E-state index in [2.05, 4.69) is 188 Å². The van der Waals surface area contributed by atoms with Gasteiger partial charge >= 0.3 is 0 Å². The molecule has 0 amide bonds. The molecule has 61 heavy (non-hydrogen) atoms. The third-order valence-electron chi connectivity index (χ3n) is 11.9. The van der Waals surface area contributed by atoms with E-state index in [0.29, 0.717) is 17.5 Å². The van der Waals surface area contributed by atoms with Crippen molar-refractivity contribution in [2.75, 3.05) is 0 Å². The summed E-state index contributed by atoms with van der Waals surface area (Å²) in [5, 5.41) is 9.06. The van der Waals surface area contributed by atoms with E-state index in [-0.39, 0.29) is 0 Å². The smallest absolute Gasteiger partial charge is 0.167 e. The molecule has 0 atom stereocenters. The molecule has 2 heterocycles. The molecular formula is C57H35N3O. The molecule has 0 radical (unpaired) electrons. The summed E-state index contributed by atoms with van der Waals surface area (Å²) in [6.07, 6.45) is 0. The quantitative estimate of drug-likeness (QED) is 0.169. The topological polar surface area (TPSA) is 51.8 Å². The molecule has 0 spiro atoms. The monoisotopic (exact) mass is 777 g/mol. The molecule has 0 N–H and O–H groups in total. The predicted molar refractivity (Wildman–Crippen MR) is 252 cm³/mol. The van der Waals surface area contributed by atoms with Crippen LogP contribution in [0.25, 0.3) is 122 Å². The Morgan fingerprint density at radius 2 is 0.885 bits per heavy atom. The van der Waals surface area contributed by atoms with Crippen LogP contribution < -0.4 is 0 Å². The Morgan fingerprint density at radius 1 is 0.279 bits per heavy atom. The van der Waals surface area contributed by atoms with Gasteiger partial charge in [0.05, 0.1) is 5.56 Å². The minimum absolute atomic E-state index is 0.549. The molecule has 0 bridgehead atoms. The maximum absolute atomic E-state index is 6.57. The van der Waals surface area contributed by atoms with E-state index in [1.165, 1.54) is 32.7 Å². The van der Waals surface area contributed by atoms with E-state index < -0.39 is 0 Å². The lowest BCUT2D eigenvalue weighted by Gasteiger charge is -2.15. The summed E-state index contributed by atoms with van der Waals surface area (Å²) in [4.78, 5) is 16.0. The van der Waals surface area contributed by atoms with Gasteiger partial charge in [0.2, 0.25) is 0 Å². The van der Waals surface area contributed by atoms with E-state index >= 15 is 0 Å². The second-order valence-electron chi connectivity index (χ2n) is 15.5. The summed E-state index contributed by atoms with van der Waals surface area (Å²) in [5.41, 5.74) is 11.0. The van der Waals surface area contributed by atoms with Gasteiger partial charge in [0.1, 0.15) is 11.2 Å². The fraction of sp³-hybridized carbons (Fsp3) is 0. The van der Waals surface area contributed by atoms with E-state index in [1.54, 1.807) is 0 Å². The van der Waals surface area contributed by atoms with Gasteiger partial charge < -0.3 is 4.42 Å². The first-order valence-electron chi connectivity index (χ1n) is 20.6. The summed E-state index contributed by atoms with van der Waals surface area (Å²) in [6.45, 7) is 0. The number of aromatic nitrogens is 3. The van der Waals surface area contributed by atoms with Crippen LogP contribution in [0.1, 0.15) is 0 Å². The van der Waals surface area contributed by atoms with Gasteiger partial charge in [0.15, 0.2) is 17.5 Å². The number of hydrogen-bond donors (Lipinski definition) is 0. The Labute approximate surface area is 352 Å². The average Bonchev–Trinajstić information content (AvgIpc) is 3.72. The Bertz CT molecular complexity index is 3650. The van der Waals surface area contributed by atoms with E-state index in [4.69, 9.17) is 19.4 Å². The molecule has 0 aliphatic rings. The van der Waals surface area contributed by atoms with Crippen molar-refractivity contribution in [3.8, 4) is 67.5 Å². The van der Waals surface area contributed by atoms with Gasteiger partial charge in [-0.15, -0.1) is 0 Å². The molecule has 0 aliphatic carbocycles. The van der Waals surface area contributed by atoms with Gasteiger partial charge in [0, 0.05) is 21.9 Å². The lowest BCUT2D eigenvalue weighted by molar-refractivity contribution is 0.669. The van der Waals surface area contributed by atoms with Gasteiger partial charge in [-0.05, 0) is 96.0 Å². The molecule has 2 aromatic heterocycles. The normalized spacial score (nSPS) is 11.6. The van der Waals surface area contributed by atoms with Gasteiger partial charge in [-0.25, -0.2) is 15.0 Å². The number of para-hydroxylation sites is 2. The molecule has 0 unspecified atom stereocenters. The van der Waals surface area contributed by atoms with Crippen molar-refractivity contribution in [3.63, 3.8) is 0 Å². The number of benzene rings is 10. The molecule has 284 valence electrons. The first kappa shape index (κ1) is 34.8. The number of nitrogens with zero attached hydrogens (tertiary/aromatic N) is 3. The van der Waals surface area contributed by atoms with Crippen LogP contribution in [0.15, 0.2) is 217 Å². The minimum atomic E-state index is 0.549. The van der Waals surface area contributed by atoms with Gasteiger partial charge in [-0.3, -0.25) is 0 Å². The molecule has 0 fully saturated rings. The van der Waals surface area contributed by atoms with Crippen molar-refractivity contribution in [1.29, 1.82) is 0 Å². The Morgan fingerprint density at radius 3 is 1.74 bits per heavy atom. The van der Waals surface area contributed by atoms with Crippen molar-refractivity contribution in [2.24, 2.45) is 0 Å². The maximum atomic E-state index is 6.57. The van der Waals surface area contributed by atoms with Gasteiger partial charge in [0.25, 0.3) is 0 Å². The zero-order valence-electron chi connectivity index (χ0n) is 33.0. The Kier molecular flexibility index (Phi) is 8.13. The molecule has 0 aliphatic heterocycles. The highest BCUT2D eigenvalue weighted by Gasteiger charge is 2.21. The second-order valence-corrected chi connectivity index (χ2v) is 15.5. The first-order valence-corrected chi connectivity index (χ1v) is 20.6. The number of rotatable bonds is 6. The number of fused-ring (bicyclic) bond motifs is 6. The molecule has 0 saturated carbocycles. The van der Waals surface area contributed by atoms with Crippen LogP contribution in [0.5, 0.6) is 0 Å². The zero-order valence-corrected chi connectivity index (χ0v) is 33.0. The highest BCUT2D eigenvalue weighted by Crippen LogP contribution is 2.41. The van der Waals surface area contributed by atoms with Crippen LogP contribution in [0.3, 0.4) is 0 Å². The molecule has 4 heteroatoms. The molecule has 10 aromatic carbocycles. The van der Waals surface area contributed by atoms with Gasteiger partial charge in [-0.2, -0.15) is 0 Å². The summed E-state index contributed by atoms with van der Waals surface area (Å²) < 4.78 is 6.57. The van der Waals surface area contributed by atoms with Crippen LogP contribution in [0.2, 0.25) is 0 Å². The summed E-state index contributed by atoms with van der Waals surface area (Å²) >= 11 is 0. The maximum Gasteiger partial charge on any atom is 0.167 e. The number of furan rings is 1. The van der Waals surface area contributed by atoms with Crippen LogP contribution in [0, 0.1) is 0 Å². The van der Waals surface area contributed by atoms with Crippen LogP contribution >= 0.6 is 0 Å². The highest BCUT2D eigenvalue weighted by molar-refractivity contribution is 6.09. The van der Waals surface area contributed by atoms with E-state index in [9.17, 15) is 0 Å². The minimum Gasteiger partial charge on any atom is -0.455 e. The molecule has 12 aromatic rings. The van der Waals surface area contributed by atoms with Crippen molar-refractivity contribution in [3.05, 3.63) is 212 Å². The number of hydrogen-bond acceptors (Lipinski definition) is 4. The summed E-state index contributed by atoms with van der Waals surface area (Å²) in [7, 11) is 0. The average molecular weight is 778 g/mol. The summed E-state index contributed by atoms with van der Waals surface area (Å²) in [6, 6.07) is 74.8. The molecule has 12 rings (SSSR count). The molecular weight excluding hydrogens is 743 g/mol. The van der Waals surface area contributed by atoms with Gasteiger partial charge in [-0.1, -0.05) is 182 Å². The standard InChI is InChI=1S/C57H35N3O/c1-2-14-38(15-3-1)51-35-44(34-42-18-7-8-19-45(42)51)37-25-28-40(29-26-37)55-58-56(50-23-12-22-49-48-21-10-11-24-52(48)61-54(49)50)60-57(59-55)53-46-20-9-6-16-39(46)31-32-47(53)43-30-27-36-13-4-5-17-41(36)33-43/h1-35H. The van der Waals surface area contributed by atoms with Crippen molar-refractivity contribution < 1.29 is 4.42 Å². The molecule has 0 saturated heterocycles. The third kappa shape index (κ3) is 6.04. The molecule has 4 nitrogen and oxygen atoms in total. The van der Waals surface area contributed by atoms with Crippen LogP contribution in [0.4, 0.5) is 0 Å². The zero-order chi connectivity index (χ0) is 40.3. The van der Waals surface area contributed by atoms with Crippen molar-refractivity contribution >= 4 is 54.3 Å². The lowest BCUT2D eigenvalue weighted by atomic mass is 9.92. The van der Waals surface area contributed by atoms with Crippen molar-refractivity contribution in [1.82, 2.24) is 15.0 Å². The third-order valence-corrected chi connectivity index (χ3v) is 11.9. The van der Waals surface area contributed by atoms with E-state index in [1.807, 2.05) is 24.3 Å². The van der Waals surface area contributed by atoms with Crippen LogP contribution in [-0.4, -0.2) is 15.0 Å². The SMILES string of the molecule is c1ccc(-c2cc(-c3ccc(-c4nc(-c5c(-c6ccc7ccccc7c6)ccc6ccccc56)nc(-c5cccc6c5oc5ccccc56)n4)cc3)cc3ccccc23)cc1. The largest absolute Gasteiger partial charge is 0.455 e. The fourth-order valence-corrected chi connectivity index (χ4v) is 8.92. The highest BCUT2D eigenvalue weighted by atomic mass is 16.3. The van der Waals surface area contributed by atoms with Crippen molar-refractivity contribution in [2.45, 2.75) is 0 Å². The fourth-order valence-electron chi connectivity index (χ4n) is 8.92. The summed E-state index contributed by atoms with van der Waals surface area (Å²) in [5.74, 6) is 1.73. The van der Waals surface area contributed by atoms with Crippen LogP contribution in [-0.2, 0) is 0 Å². The van der Waals surface area contributed by atoms with E-state index in [0.717, 1.165) is 71.7 Å². The first-order chi connectivity index (χ1) is 30.2. The Hall–Kier alpha value is -8.21. The lowest BCUT2D eigenvalue weighted by Crippen LogP contribution is -2.02. The Balaban J connectivity index is 1.07.